The fourth-order valence-electron chi connectivity index (χ4n) is 2.42. The zero-order valence-corrected chi connectivity index (χ0v) is 17.9. The quantitative estimate of drug-likeness (QED) is 0.330. The van der Waals surface area contributed by atoms with E-state index in [0.717, 1.165) is 21.8 Å². The van der Waals surface area contributed by atoms with Gasteiger partial charge in [-0.05, 0) is 24.3 Å². The molecule has 0 radical (unpaired) electrons. The van der Waals surface area contributed by atoms with E-state index in [-0.39, 0.29) is 22.6 Å². The first-order valence-corrected chi connectivity index (χ1v) is 10.9. The maximum absolute atomic E-state index is 13.8. The largest absolute Gasteiger partial charge is 0.410 e. The van der Waals surface area contributed by atoms with E-state index < -0.39 is 5.82 Å². The third-order valence-electron chi connectivity index (χ3n) is 3.67. The van der Waals surface area contributed by atoms with Gasteiger partial charge in [-0.3, -0.25) is 4.79 Å². The molecule has 4 rings (SSSR count). The predicted octanol–water partition coefficient (Wildman–Crippen LogP) is 6.24. The number of hydrogen-bond acceptors (Lipinski definition) is 6. The highest BCUT2D eigenvalue weighted by molar-refractivity contribution is 9.10. The Balaban J connectivity index is 1.43. The smallest absolute Gasteiger partial charge is 0.277 e. The summed E-state index contributed by atoms with van der Waals surface area (Å²) in [5, 5.41) is 12.2. The molecular weight excluding hydrogens is 489 g/mol. The lowest BCUT2D eigenvalue weighted by Crippen LogP contribution is -2.15. The molecule has 2 aromatic carbocycles. The number of fused-ring (bicyclic) bond motifs is 1. The molecule has 2 aromatic heterocycles. The van der Waals surface area contributed by atoms with Crippen LogP contribution in [0.5, 0.6) is 0 Å². The van der Waals surface area contributed by atoms with Crippen molar-refractivity contribution in [3.63, 3.8) is 0 Å². The summed E-state index contributed by atoms with van der Waals surface area (Å²) in [7, 11) is 0. The fourth-order valence-corrected chi connectivity index (χ4v) is 4.75. The molecule has 0 aliphatic heterocycles. The molecule has 0 saturated carbocycles. The van der Waals surface area contributed by atoms with Gasteiger partial charge in [0.2, 0.25) is 5.91 Å². The molecule has 5 nitrogen and oxygen atoms in total. The minimum atomic E-state index is -0.521. The van der Waals surface area contributed by atoms with E-state index in [1.807, 2.05) is 24.3 Å². The van der Waals surface area contributed by atoms with Gasteiger partial charge < -0.3 is 9.73 Å². The highest BCUT2D eigenvalue weighted by Crippen LogP contribution is 2.41. The first kappa shape index (κ1) is 19.4. The molecule has 0 aliphatic rings. The van der Waals surface area contributed by atoms with Crippen molar-refractivity contribution in [3.8, 4) is 10.8 Å². The van der Waals surface area contributed by atoms with Gasteiger partial charge in [-0.25, -0.2) is 4.39 Å². The van der Waals surface area contributed by atoms with Crippen LogP contribution in [0.15, 0.2) is 56.6 Å². The Labute approximate surface area is 180 Å². The maximum atomic E-state index is 13.8. The van der Waals surface area contributed by atoms with Crippen molar-refractivity contribution in [1.82, 2.24) is 10.2 Å². The van der Waals surface area contributed by atoms with Crippen LogP contribution in [-0.4, -0.2) is 21.9 Å². The van der Waals surface area contributed by atoms with Gasteiger partial charge in [0.1, 0.15) is 10.7 Å². The van der Waals surface area contributed by atoms with Crippen molar-refractivity contribution >= 4 is 72.3 Å². The van der Waals surface area contributed by atoms with Gasteiger partial charge in [0.25, 0.3) is 11.1 Å². The lowest BCUT2D eigenvalue weighted by atomic mass is 10.2. The Morgan fingerprint density at radius 3 is 2.89 bits per heavy atom. The number of rotatable bonds is 5. The van der Waals surface area contributed by atoms with Crippen molar-refractivity contribution in [1.29, 1.82) is 0 Å². The van der Waals surface area contributed by atoms with E-state index in [2.05, 4.69) is 31.4 Å². The monoisotopic (exact) mass is 497 g/mol. The number of benzene rings is 2. The summed E-state index contributed by atoms with van der Waals surface area (Å²) < 4.78 is 21.0. The predicted molar refractivity (Wildman–Crippen MR) is 114 cm³/mol. The van der Waals surface area contributed by atoms with E-state index >= 15 is 0 Å². The topological polar surface area (TPSA) is 68.0 Å². The first-order chi connectivity index (χ1) is 13.5. The van der Waals surface area contributed by atoms with E-state index in [0.29, 0.717) is 20.3 Å². The van der Waals surface area contributed by atoms with Crippen LogP contribution in [-0.2, 0) is 4.79 Å². The van der Waals surface area contributed by atoms with Crippen LogP contribution in [0.1, 0.15) is 0 Å². The molecule has 0 unspecified atom stereocenters. The Kier molecular flexibility index (Phi) is 5.68. The molecule has 0 fully saturated rings. The number of aromatic nitrogens is 2. The first-order valence-electron chi connectivity index (χ1n) is 7.90. The molecule has 0 saturated heterocycles. The molecule has 1 N–H and O–H groups in total. The van der Waals surface area contributed by atoms with Crippen LogP contribution in [0.2, 0.25) is 5.02 Å². The average Bonchev–Trinajstić information content (AvgIpc) is 3.27. The van der Waals surface area contributed by atoms with Crippen LogP contribution in [0.3, 0.4) is 0 Å². The molecular formula is C18H10BrClFN3O2S2. The fraction of sp³-hybridized carbons (Fsp3) is 0.0556. The summed E-state index contributed by atoms with van der Waals surface area (Å²) in [4.78, 5) is 12.7. The Morgan fingerprint density at radius 2 is 2.11 bits per heavy atom. The Morgan fingerprint density at radius 1 is 1.29 bits per heavy atom. The van der Waals surface area contributed by atoms with Crippen LogP contribution < -0.4 is 5.32 Å². The van der Waals surface area contributed by atoms with E-state index in [4.69, 9.17) is 16.0 Å². The number of thioether (sulfide) groups is 1. The SMILES string of the molecule is O=C(CSc1nnc(-c2sc3ccccc3c2Cl)o1)Nc1ccc(Br)cc1F. The van der Waals surface area contributed by atoms with Gasteiger partial charge >= 0.3 is 0 Å². The standard InChI is InChI=1S/C18H10BrClFN3O2S2/c19-9-5-6-12(11(21)7-9)22-14(25)8-27-18-24-23-17(26-18)16-15(20)10-3-1-2-4-13(10)28-16/h1-7H,8H2,(H,22,25). The molecule has 0 bridgehead atoms. The highest BCUT2D eigenvalue weighted by Gasteiger charge is 2.18. The number of thiophene rings is 1. The lowest BCUT2D eigenvalue weighted by Gasteiger charge is -2.05. The van der Waals surface area contributed by atoms with Crippen molar-refractivity contribution < 1.29 is 13.6 Å². The van der Waals surface area contributed by atoms with Gasteiger partial charge in [0, 0.05) is 14.6 Å². The number of nitrogens with one attached hydrogen (secondary N) is 1. The zero-order chi connectivity index (χ0) is 19.7. The van der Waals surface area contributed by atoms with Crippen LogP contribution in [0, 0.1) is 5.82 Å². The average molecular weight is 499 g/mol. The van der Waals surface area contributed by atoms with E-state index in [1.165, 1.54) is 23.5 Å². The number of anilines is 1. The van der Waals surface area contributed by atoms with Crippen molar-refractivity contribution in [2.24, 2.45) is 0 Å². The second kappa shape index (κ2) is 8.20. The summed E-state index contributed by atoms with van der Waals surface area (Å²) in [5.41, 5.74) is 0.108. The molecule has 28 heavy (non-hydrogen) atoms. The molecule has 0 spiro atoms. The maximum Gasteiger partial charge on any atom is 0.277 e. The highest BCUT2D eigenvalue weighted by atomic mass is 79.9. The van der Waals surface area contributed by atoms with Crippen LogP contribution in [0.25, 0.3) is 20.9 Å². The summed E-state index contributed by atoms with van der Waals surface area (Å²) >= 11 is 12.1. The minimum absolute atomic E-state index is 0.00269. The van der Waals surface area contributed by atoms with E-state index in [1.54, 1.807) is 6.07 Å². The molecule has 142 valence electrons. The molecule has 1 amide bonds. The summed E-state index contributed by atoms with van der Waals surface area (Å²) in [5.74, 6) is -0.608. The molecule has 4 aromatic rings. The Hall–Kier alpha value is -1.94. The Bertz CT molecular complexity index is 1180. The number of carbonyl (C=O) groups is 1. The van der Waals surface area contributed by atoms with Crippen molar-refractivity contribution in [2.45, 2.75) is 5.22 Å². The number of halogens is 3. The third-order valence-corrected chi connectivity index (χ3v) is 6.64. The van der Waals surface area contributed by atoms with Gasteiger partial charge in [0.15, 0.2) is 0 Å². The number of carbonyl (C=O) groups excluding carboxylic acids is 1. The molecule has 0 atom stereocenters. The summed E-state index contributed by atoms with van der Waals surface area (Å²) in [6.45, 7) is 0. The van der Waals surface area contributed by atoms with Crippen LogP contribution >= 0.6 is 50.6 Å². The second-order valence-corrected chi connectivity index (χ2v) is 8.85. The van der Waals surface area contributed by atoms with Crippen LogP contribution in [0.4, 0.5) is 10.1 Å². The number of nitrogens with zero attached hydrogens (tertiary/aromatic N) is 2. The van der Waals surface area contributed by atoms with Gasteiger partial charge in [-0.15, -0.1) is 21.5 Å². The molecule has 10 heteroatoms. The minimum Gasteiger partial charge on any atom is -0.410 e. The van der Waals surface area contributed by atoms with Gasteiger partial charge in [0.05, 0.1) is 16.5 Å². The number of amides is 1. The van der Waals surface area contributed by atoms with Crippen molar-refractivity contribution in [2.75, 3.05) is 11.1 Å². The van der Waals surface area contributed by atoms with Gasteiger partial charge in [-0.1, -0.05) is 57.5 Å². The van der Waals surface area contributed by atoms with Crippen molar-refractivity contribution in [3.05, 3.63) is 57.8 Å². The third kappa shape index (κ3) is 4.07. The second-order valence-electron chi connectivity index (χ2n) is 5.58. The lowest BCUT2D eigenvalue weighted by molar-refractivity contribution is -0.113. The summed E-state index contributed by atoms with van der Waals surface area (Å²) in [6, 6.07) is 12.1. The normalized spacial score (nSPS) is 11.1. The van der Waals surface area contributed by atoms with Gasteiger partial charge in [-0.2, -0.15) is 0 Å². The summed E-state index contributed by atoms with van der Waals surface area (Å²) in [6.07, 6.45) is 0. The molecule has 2 heterocycles. The molecule has 0 aliphatic carbocycles. The van der Waals surface area contributed by atoms with E-state index in [9.17, 15) is 9.18 Å². The zero-order valence-electron chi connectivity index (χ0n) is 13.9. The number of hydrogen-bond donors (Lipinski definition) is 1.